The minimum absolute atomic E-state index is 0.0205. The molecule has 1 aromatic carbocycles. The molecular weight excluding hydrogens is 306 g/mol. The third kappa shape index (κ3) is 6.35. The van der Waals surface area contributed by atoms with Gasteiger partial charge in [0.2, 0.25) is 0 Å². The molecule has 0 N–H and O–H groups in total. The molecule has 134 valence electrons. The number of rotatable bonds is 8. The highest BCUT2D eigenvalue weighted by Crippen LogP contribution is 2.37. The minimum atomic E-state index is -3.03. The standard InChI is InChI=1S/C21H30F2O/c1-3-5-17-7-11-19(12-8-17)15-21(22,23)24-16-20-13-9-18(6-4-2)10-14-20/h3,5,9-10,13-14,17,19H,4,6-8,11-12,15-16H2,1-2H3/t17-,19-. The summed E-state index contributed by atoms with van der Waals surface area (Å²) in [4.78, 5) is 0. The van der Waals surface area contributed by atoms with E-state index in [1.165, 1.54) is 5.56 Å². The molecule has 1 saturated carbocycles. The molecule has 24 heavy (non-hydrogen) atoms. The van der Waals surface area contributed by atoms with Crippen LogP contribution in [-0.2, 0) is 17.8 Å². The predicted molar refractivity (Wildman–Crippen MR) is 95.1 cm³/mol. The molecule has 1 aromatic rings. The molecule has 0 unspecified atom stereocenters. The van der Waals surface area contributed by atoms with Crippen molar-refractivity contribution < 1.29 is 13.5 Å². The first-order chi connectivity index (χ1) is 11.5. The van der Waals surface area contributed by atoms with Gasteiger partial charge < -0.3 is 4.74 Å². The Balaban J connectivity index is 1.76. The Bertz CT molecular complexity index is 499. The van der Waals surface area contributed by atoms with Gasteiger partial charge >= 0.3 is 6.11 Å². The van der Waals surface area contributed by atoms with Crippen LogP contribution in [0.25, 0.3) is 0 Å². The fraction of sp³-hybridized carbons (Fsp3) is 0.619. The highest BCUT2D eigenvalue weighted by molar-refractivity contribution is 5.22. The molecule has 1 aliphatic carbocycles. The van der Waals surface area contributed by atoms with Crippen LogP contribution >= 0.6 is 0 Å². The largest absolute Gasteiger partial charge is 0.356 e. The lowest BCUT2D eigenvalue weighted by molar-refractivity contribution is -0.256. The molecule has 0 atom stereocenters. The summed E-state index contributed by atoms with van der Waals surface area (Å²) in [7, 11) is 0. The van der Waals surface area contributed by atoms with Gasteiger partial charge in [-0.2, -0.15) is 8.78 Å². The molecule has 0 heterocycles. The van der Waals surface area contributed by atoms with Crippen LogP contribution in [0.5, 0.6) is 0 Å². The van der Waals surface area contributed by atoms with Crippen LogP contribution in [0.4, 0.5) is 8.78 Å². The number of hydrogen-bond donors (Lipinski definition) is 0. The van der Waals surface area contributed by atoms with Crippen molar-refractivity contribution in [3.8, 4) is 0 Å². The van der Waals surface area contributed by atoms with Gasteiger partial charge in [0.25, 0.3) is 0 Å². The van der Waals surface area contributed by atoms with Crippen molar-refractivity contribution in [1.29, 1.82) is 0 Å². The van der Waals surface area contributed by atoms with E-state index in [1.807, 2.05) is 31.2 Å². The molecule has 0 aliphatic heterocycles. The average Bonchev–Trinajstić information content (AvgIpc) is 2.56. The number of alkyl halides is 2. The molecule has 0 radical (unpaired) electrons. The summed E-state index contributed by atoms with van der Waals surface area (Å²) in [5.41, 5.74) is 2.05. The van der Waals surface area contributed by atoms with Crippen molar-refractivity contribution in [3.05, 3.63) is 47.5 Å². The van der Waals surface area contributed by atoms with Gasteiger partial charge in [0, 0.05) is 6.42 Å². The van der Waals surface area contributed by atoms with E-state index in [2.05, 4.69) is 19.1 Å². The first-order valence-electron chi connectivity index (χ1n) is 9.25. The van der Waals surface area contributed by atoms with Gasteiger partial charge in [-0.05, 0) is 62.0 Å². The molecular formula is C21H30F2O. The van der Waals surface area contributed by atoms with Gasteiger partial charge in [-0.1, -0.05) is 49.8 Å². The number of hydrogen-bond acceptors (Lipinski definition) is 1. The van der Waals surface area contributed by atoms with E-state index in [0.717, 1.165) is 44.1 Å². The molecule has 2 rings (SSSR count). The number of benzene rings is 1. The summed E-state index contributed by atoms with van der Waals surface area (Å²) >= 11 is 0. The summed E-state index contributed by atoms with van der Waals surface area (Å²) in [6.07, 6.45) is 6.98. The van der Waals surface area contributed by atoms with Crippen LogP contribution in [0.1, 0.15) is 63.5 Å². The van der Waals surface area contributed by atoms with Crippen LogP contribution in [0.3, 0.4) is 0 Å². The van der Waals surface area contributed by atoms with Crippen molar-refractivity contribution in [3.63, 3.8) is 0 Å². The van der Waals surface area contributed by atoms with E-state index in [1.54, 1.807) is 0 Å². The van der Waals surface area contributed by atoms with Crippen molar-refractivity contribution in [2.24, 2.45) is 11.8 Å². The molecule has 1 aliphatic rings. The van der Waals surface area contributed by atoms with Crippen molar-refractivity contribution in [1.82, 2.24) is 0 Å². The zero-order valence-electron chi connectivity index (χ0n) is 14.9. The Labute approximate surface area is 145 Å². The lowest BCUT2D eigenvalue weighted by Crippen LogP contribution is -2.26. The second-order valence-electron chi connectivity index (χ2n) is 7.00. The number of allylic oxidation sites excluding steroid dienone is 2. The molecule has 1 nitrogen and oxygen atoms in total. The zero-order chi connectivity index (χ0) is 17.4. The highest BCUT2D eigenvalue weighted by atomic mass is 19.3. The van der Waals surface area contributed by atoms with Gasteiger partial charge in [-0.25, -0.2) is 0 Å². The van der Waals surface area contributed by atoms with E-state index in [4.69, 9.17) is 4.74 Å². The Morgan fingerprint density at radius 3 is 2.29 bits per heavy atom. The van der Waals surface area contributed by atoms with Crippen molar-refractivity contribution in [2.45, 2.75) is 71.5 Å². The van der Waals surface area contributed by atoms with Crippen LogP contribution in [-0.4, -0.2) is 6.11 Å². The Morgan fingerprint density at radius 2 is 1.71 bits per heavy atom. The Hall–Kier alpha value is -1.22. The van der Waals surface area contributed by atoms with Gasteiger partial charge in [0.15, 0.2) is 0 Å². The maximum Gasteiger partial charge on any atom is 0.356 e. The monoisotopic (exact) mass is 336 g/mol. The third-order valence-corrected chi connectivity index (χ3v) is 4.89. The second kappa shape index (κ2) is 9.31. The summed E-state index contributed by atoms with van der Waals surface area (Å²) in [6, 6.07) is 7.79. The van der Waals surface area contributed by atoms with Gasteiger partial charge in [0.1, 0.15) is 0 Å². The number of halogens is 2. The molecule has 0 saturated heterocycles. The minimum Gasteiger partial charge on any atom is -0.316 e. The maximum absolute atomic E-state index is 14.1. The summed E-state index contributed by atoms with van der Waals surface area (Å²) < 4.78 is 33.2. The first-order valence-corrected chi connectivity index (χ1v) is 9.25. The van der Waals surface area contributed by atoms with Crippen molar-refractivity contribution >= 4 is 0 Å². The normalized spacial score (nSPS) is 22.2. The fourth-order valence-corrected chi connectivity index (χ4v) is 3.53. The van der Waals surface area contributed by atoms with E-state index in [9.17, 15) is 8.78 Å². The lowest BCUT2D eigenvalue weighted by atomic mass is 9.80. The van der Waals surface area contributed by atoms with E-state index in [0.29, 0.717) is 5.92 Å². The third-order valence-electron chi connectivity index (χ3n) is 4.89. The summed E-state index contributed by atoms with van der Waals surface area (Å²) in [5, 5.41) is 0. The van der Waals surface area contributed by atoms with Crippen LogP contribution in [0, 0.1) is 11.8 Å². The molecule has 0 spiro atoms. The molecule has 0 amide bonds. The molecule has 3 heteroatoms. The SMILES string of the molecule is CC=C[C@H]1CC[C@H](CC(F)(F)OCc2ccc(CCC)cc2)CC1. The van der Waals surface area contributed by atoms with Crippen LogP contribution < -0.4 is 0 Å². The van der Waals surface area contributed by atoms with Gasteiger partial charge in [0.05, 0.1) is 6.61 Å². The quantitative estimate of drug-likeness (QED) is 0.491. The zero-order valence-corrected chi connectivity index (χ0v) is 14.9. The van der Waals surface area contributed by atoms with Crippen molar-refractivity contribution in [2.75, 3.05) is 0 Å². The second-order valence-corrected chi connectivity index (χ2v) is 7.00. The van der Waals surface area contributed by atoms with Gasteiger partial charge in [-0.3, -0.25) is 0 Å². The molecule has 0 bridgehead atoms. The van der Waals surface area contributed by atoms with E-state index < -0.39 is 6.11 Å². The van der Waals surface area contributed by atoms with Crippen LogP contribution in [0.15, 0.2) is 36.4 Å². The summed E-state index contributed by atoms with van der Waals surface area (Å²) in [6.45, 7) is 4.12. The first kappa shape index (κ1) is 19.1. The molecule has 0 aromatic heterocycles. The number of aryl methyl sites for hydroxylation is 1. The molecule has 1 fully saturated rings. The number of ether oxygens (including phenoxy) is 1. The predicted octanol–water partition coefficient (Wildman–Crippen LogP) is 6.52. The smallest absolute Gasteiger partial charge is 0.316 e. The van der Waals surface area contributed by atoms with E-state index >= 15 is 0 Å². The average molecular weight is 336 g/mol. The van der Waals surface area contributed by atoms with E-state index in [-0.39, 0.29) is 18.9 Å². The summed E-state index contributed by atoms with van der Waals surface area (Å²) in [5.74, 6) is 0.649. The van der Waals surface area contributed by atoms with Crippen LogP contribution in [0.2, 0.25) is 0 Å². The Morgan fingerprint density at radius 1 is 1.08 bits per heavy atom. The topological polar surface area (TPSA) is 9.23 Å². The lowest BCUT2D eigenvalue weighted by Gasteiger charge is -2.29. The fourth-order valence-electron chi connectivity index (χ4n) is 3.53. The van der Waals surface area contributed by atoms with Gasteiger partial charge in [-0.15, -0.1) is 0 Å². The highest BCUT2D eigenvalue weighted by Gasteiger charge is 2.35. The maximum atomic E-state index is 14.1. The Kier molecular flexibility index (Phi) is 7.41.